The number of aromatic nitrogens is 5. The van der Waals surface area contributed by atoms with E-state index < -0.39 is 11.7 Å². The standard InChI is InChI=1S/C29H31F3N6O/c1-18(38-9-8-27(14-38)6-7-27)20-11-22(29(30,31)32)25-23(12-20)34-26(35-25)19-4-3-5-21(10-19)28(15-39-16-28)13-24-36-33-17-37(24)2/h3-5,10-12,17-18H,6-9,13-16H2,1-2H3,(H,34,35)/t18-/m0/s1. The number of aryl methyl sites for hydroxylation is 1. The third-order valence-electron chi connectivity index (χ3n) is 9.18. The Bertz CT molecular complexity index is 1550. The Balaban J connectivity index is 1.25. The zero-order valence-electron chi connectivity index (χ0n) is 22.1. The number of aromatic amines is 1. The van der Waals surface area contributed by atoms with Gasteiger partial charge in [0.15, 0.2) is 0 Å². The Kier molecular flexibility index (Phi) is 5.48. The summed E-state index contributed by atoms with van der Waals surface area (Å²) in [5.74, 6) is 1.28. The van der Waals surface area contributed by atoms with E-state index in [1.807, 2.05) is 48.9 Å². The van der Waals surface area contributed by atoms with Crippen molar-refractivity contribution in [1.82, 2.24) is 29.6 Å². The number of likely N-dealkylation sites (tertiary alicyclic amines) is 1. The molecular weight excluding hydrogens is 505 g/mol. The van der Waals surface area contributed by atoms with Crippen molar-refractivity contribution in [3.8, 4) is 11.4 Å². The summed E-state index contributed by atoms with van der Waals surface area (Å²) in [6, 6.07) is 10.9. The van der Waals surface area contributed by atoms with Gasteiger partial charge in [-0.05, 0) is 67.5 Å². The molecule has 7 rings (SSSR count). The van der Waals surface area contributed by atoms with Crippen LogP contribution in [0.1, 0.15) is 54.7 Å². The molecule has 10 heteroatoms. The summed E-state index contributed by atoms with van der Waals surface area (Å²) in [6.07, 6.45) is 1.44. The van der Waals surface area contributed by atoms with Crippen LogP contribution in [0.5, 0.6) is 0 Å². The highest BCUT2D eigenvalue weighted by atomic mass is 19.4. The lowest BCUT2D eigenvalue weighted by atomic mass is 9.75. The van der Waals surface area contributed by atoms with Gasteiger partial charge in [0.1, 0.15) is 18.0 Å². The first-order valence-corrected chi connectivity index (χ1v) is 13.5. The monoisotopic (exact) mass is 536 g/mol. The van der Waals surface area contributed by atoms with Crippen LogP contribution in [0.2, 0.25) is 0 Å². The molecular formula is C29H31F3N6O. The lowest BCUT2D eigenvalue weighted by molar-refractivity contribution is -0.136. The number of hydrogen-bond donors (Lipinski definition) is 1. The number of H-pyrrole nitrogens is 1. The molecule has 0 amide bonds. The minimum absolute atomic E-state index is 0.0275. The molecule has 0 radical (unpaired) electrons. The second kappa shape index (κ2) is 8.63. The molecule has 1 N–H and O–H groups in total. The van der Waals surface area contributed by atoms with Gasteiger partial charge in [0.05, 0.1) is 29.8 Å². The number of nitrogens with one attached hydrogen (secondary N) is 1. The van der Waals surface area contributed by atoms with Gasteiger partial charge in [-0.1, -0.05) is 18.2 Å². The molecule has 1 aliphatic carbocycles. The summed E-state index contributed by atoms with van der Waals surface area (Å²) in [6.45, 7) is 4.99. The zero-order valence-corrected chi connectivity index (χ0v) is 22.1. The average molecular weight is 537 g/mol. The van der Waals surface area contributed by atoms with E-state index in [-0.39, 0.29) is 17.0 Å². The fourth-order valence-corrected chi connectivity index (χ4v) is 6.32. The highest BCUT2D eigenvalue weighted by molar-refractivity contribution is 5.84. The van der Waals surface area contributed by atoms with Gasteiger partial charge >= 0.3 is 6.18 Å². The Morgan fingerprint density at radius 1 is 1.13 bits per heavy atom. The molecule has 39 heavy (non-hydrogen) atoms. The van der Waals surface area contributed by atoms with Crippen LogP contribution >= 0.6 is 0 Å². The summed E-state index contributed by atoms with van der Waals surface area (Å²) in [7, 11) is 1.91. The van der Waals surface area contributed by atoms with Crippen LogP contribution in [0.15, 0.2) is 42.7 Å². The Morgan fingerprint density at radius 2 is 1.95 bits per heavy atom. The van der Waals surface area contributed by atoms with Crippen LogP contribution in [-0.2, 0) is 29.8 Å². The van der Waals surface area contributed by atoms with Crippen molar-refractivity contribution >= 4 is 11.0 Å². The molecule has 1 spiro atoms. The first-order valence-electron chi connectivity index (χ1n) is 13.5. The van der Waals surface area contributed by atoms with Gasteiger partial charge in [-0.3, -0.25) is 4.90 Å². The highest BCUT2D eigenvalue weighted by Gasteiger charge is 2.48. The van der Waals surface area contributed by atoms with E-state index in [2.05, 4.69) is 20.1 Å². The number of fused-ring (bicyclic) bond motifs is 1. The van der Waals surface area contributed by atoms with E-state index in [9.17, 15) is 13.2 Å². The second-order valence-electron chi connectivity index (χ2n) is 11.8. The van der Waals surface area contributed by atoms with Crippen LogP contribution < -0.4 is 0 Å². The summed E-state index contributed by atoms with van der Waals surface area (Å²) < 4.78 is 50.4. The van der Waals surface area contributed by atoms with Crippen LogP contribution in [0, 0.1) is 5.41 Å². The molecule has 2 aliphatic heterocycles. The number of halogens is 3. The lowest BCUT2D eigenvalue weighted by Gasteiger charge is -2.41. The van der Waals surface area contributed by atoms with E-state index in [4.69, 9.17) is 9.72 Å². The van der Waals surface area contributed by atoms with Crippen LogP contribution in [0.4, 0.5) is 13.2 Å². The Labute approximate surface area is 224 Å². The topological polar surface area (TPSA) is 71.9 Å². The fraction of sp³-hybridized carbons (Fsp3) is 0.483. The maximum Gasteiger partial charge on any atom is 0.418 e. The summed E-state index contributed by atoms with van der Waals surface area (Å²) in [5.41, 5.74) is 2.29. The van der Waals surface area contributed by atoms with E-state index in [1.165, 1.54) is 18.9 Å². The number of benzene rings is 2. The number of alkyl halides is 3. The second-order valence-corrected chi connectivity index (χ2v) is 11.8. The van der Waals surface area contributed by atoms with Crippen LogP contribution in [-0.4, -0.2) is 55.9 Å². The van der Waals surface area contributed by atoms with Gasteiger partial charge in [0.2, 0.25) is 0 Å². The molecule has 2 aromatic carbocycles. The SMILES string of the molecule is C[C@@H](c1cc(C(F)(F)F)c2[nH]c(-c3cccc(C4(Cc5nncn5C)COC4)c3)nc2c1)N1CCC2(CC2)C1. The molecule has 204 valence electrons. The number of nitrogens with zero attached hydrogens (tertiary/aromatic N) is 5. The molecule has 0 bridgehead atoms. The summed E-state index contributed by atoms with van der Waals surface area (Å²) in [4.78, 5) is 10.0. The average Bonchev–Trinajstić information content (AvgIpc) is 3.19. The van der Waals surface area contributed by atoms with E-state index in [0.29, 0.717) is 42.0 Å². The van der Waals surface area contributed by atoms with Gasteiger partial charge in [0.25, 0.3) is 0 Å². The number of hydrogen-bond acceptors (Lipinski definition) is 5. The minimum Gasteiger partial charge on any atom is -0.379 e. The first kappa shape index (κ1) is 24.8. The molecule has 0 unspecified atom stereocenters. The van der Waals surface area contributed by atoms with Gasteiger partial charge in [-0.15, -0.1) is 10.2 Å². The number of imidazole rings is 1. The normalized spacial score (nSPS) is 20.9. The largest absolute Gasteiger partial charge is 0.418 e. The third-order valence-corrected chi connectivity index (χ3v) is 9.18. The predicted molar refractivity (Wildman–Crippen MR) is 140 cm³/mol. The lowest BCUT2D eigenvalue weighted by Crippen LogP contribution is -2.49. The Hall–Kier alpha value is -3.24. The Morgan fingerprint density at radius 3 is 2.59 bits per heavy atom. The fourth-order valence-electron chi connectivity index (χ4n) is 6.32. The van der Waals surface area contributed by atoms with E-state index >= 15 is 0 Å². The van der Waals surface area contributed by atoms with Crippen molar-refractivity contribution < 1.29 is 17.9 Å². The van der Waals surface area contributed by atoms with Gasteiger partial charge in [-0.25, -0.2) is 4.98 Å². The minimum atomic E-state index is -4.49. The zero-order chi connectivity index (χ0) is 27.0. The molecule has 3 aliphatic rings. The van der Waals surface area contributed by atoms with Crippen molar-refractivity contribution in [2.45, 2.75) is 50.2 Å². The summed E-state index contributed by atoms with van der Waals surface area (Å²) >= 11 is 0. The van der Waals surface area contributed by atoms with Gasteiger partial charge < -0.3 is 14.3 Å². The summed E-state index contributed by atoms with van der Waals surface area (Å²) in [5, 5.41) is 8.23. The predicted octanol–water partition coefficient (Wildman–Crippen LogP) is 5.43. The van der Waals surface area contributed by atoms with Crippen molar-refractivity contribution in [3.05, 3.63) is 65.2 Å². The van der Waals surface area contributed by atoms with Crippen molar-refractivity contribution in [2.75, 3.05) is 26.3 Å². The molecule has 4 aromatic rings. The third kappa shape index (κ3) is 4.24. The van der Waals surface area contributed by atoms with Gasteiger partial charge in [-0.2, -0.15) is 13.2 Å². The van der Waals surface area contributed by atoms with E-state index in [0.717, 1.165) is 36.5 Å². The number of ether oxygens (including phenoxy) is 1. The smallest absolute Gasteiger partial charge is 0.379 e. The molecule has 3 fully saturated rings. The van der Waals surface area contributed by atoms with Gasteiger partial charge in [0, 0.05) is 37.0 Å². The van der Waals surface area contributed by atoms with Crippen LogP contribution in [0.3, 0.4) is 0 Å². The highest BCUT2D eigenvalue weighted by Crippen LogP contribution is 2.54. The molecule has 2 saturated heterocycles. The number of rotatable bonds is 6. The van der Waals surface area contributed by atoms with Crippen molar-refractivity contribution in [3.63, 3.8) is 0 Å². The van der Waals surface area contributed by atoms with Crippen molar-refractivity contribution in [2.24, 2.45) is 12.5 Å². The molecule has 1 saturated carbocycles. The maximum absolute atomic E-state index is 14.3. The molecule has 7 nitrogen and oxygen atoms in total. The molecule has 1 atom stereocenters. The molecule has 2 aromatic heterocycles. The van der Waals surface area contributed by atoms with Crippen molar-refractivity contribution in [1.29, 1.82) is 0 Å². The quantitative estimate of drug-likeness (QED) is 0.356. The molecule has 4 heterocycles. The first-order chi connectivity index (χ1) is 18.6. The van der Waals surface area contributed by atoms with Crippen LogP contribution in [0.25, 0.3) is 22.4 Å². The maximum atomic E-state index is 14.3. The van der Waals surface area contributed by atoms with E-state index in [1.54, 1.807) is 6.33 Å².